The molecule has 1 aromatic heterocycles. The molecule has 0 saturated carbocycles. The number of ether oxygens (including phenoxy) is 2. The molecule has 0 aliphatic rings. The lowest BCUT2D eigenvalue weighted by atomic mass is 10.2. The van der Waals surface area contributed by atoms with Crippen LogP contribution >= 0.6 is 23.1 Å². The topological polar surface area (TPSA) is 81.8 Å². The number of benzene rings is 1. The zero-order valence-electron chi connectivity index (χ0n) is 14.5. The summed E-state index contributed by atoms with van der Waals surface area (Å²) in [5.41, 5.74) is 6.75. The molecule has 2 rings (SSSR count). The van der Waals surface area contributed by atoms with Crippen molar-refractivity contribution >= 4 is 34.7 Å². The van der Waals surface area contributed by atoms with Gasteiger partial charge in [0.05, 0.1) is 18.9 Å². The van der Waals surface area contributed by atoms with E-state index in [1.807, 2.05) is 43.6 Å². The Morgan fingerprint density at radius 3 is 2.88 bits per heavy atom. The number of rotatable bonds is 10. The summed E-state index contributed by atoms with van der Waals surface area (Å²) >= 11 is 3.39. The molecule has 0 unspecified atom stereocenters. The van der Waals surface area contributed by atoms with E-state index < -0.39 is 0 Å². The second-order valence-corrected chi connectivity index (χ2v) is 7.15. The maximum absolute atomic E-state index is 6.00. The van der Waals surface area contributed by atoms with Crippen molar-refractivity contribution in [2.45, 2.75) is 24.6 Å². The zero-order valence-corrected chi connectivity index (χ0v) is 16.2. The fourth-order valence-electron chi connectivity index (χ4n) is 2.03. The summed E-state index contributed by atoms with van der Waals surface area (Å²) < 4.78 is 12.2. The molecule has 0 fully saturated rings. The van der Waals surface area contributed by atoms with E-state index in [1.165, 1.54) is 0 Å². The third-order valence-corrected chi connectivity index (χ3v) is 5.10. The third kappa shape index (κ3) is 6.83. The van der Waals surface area contributed by atoms with Crippen LogP contribution in [-0.2, 0) is 0 Å². The molecule has 0 bridgehead atoms. The fourth-order valence-corrected chi connectivity index (χ4v) is 3.66. The number of thiazole rings is 1. The molecule has 8 heteroatoms. The number of nitrogens with two attached hydrogens (primary N) is 1. The monoisotopic (exact) mass is 380 g/mol. The van der Waals surface area contributed by atoms with Gasteiger partial charge in [0.1, 0.15) is 15.8 Å². The largest absolute Gasteiger partial charge is 0.494 e. The molecule has 0 spiro atoms. The number of thioether (sulfide) groups is 1. The van der Waals surface area contributed by atoms with Crippen LogP contribution in [0.15, 0.2) is 39.1 Å². The number of hydrogen-bond donors (Lipinski definition) is 2. The van der Waals surface area contributed by atoms with Crippen LogP contribution < -0.4 is 20.5 Å². The van der Waals surface area contributed by atoms with Crippen molar-refractivity contribution in [2.75, 3.05) is 30.8 Å². The highest BCUT2D eigenvalue weighted by Gasteiger charge is 2.07. The molecular weight excluding hydrogens is 356 g/mol. The Labute approximate surface area is 156 Å². The van der Waals surface area contributed by atoms with E-state index >= 15 is 0 Å². The van der Waals surface area contributed by atoms with Crippen LogP contribution in [0.25, 0.3) is 0 Å². The van der Waals surface area contributed by atoms with Crippen molar-refractivity contribution in [1.29, 1.82) is 0 Å². The normalized spacial score (nSPS) is 11.4. The average Bonchev–Trinajstić information content (AvgIpc) is 3.11. The van der Waals surface area contributed by atoms with E-state index in [1.54, 1.807) is 23.1 Å². The minimum absolute atomic E-state index is 0.369. The lowest BCUT2D eigenvalue weighted by Gasteiger charge is -2.14. The number of anilines is 1. The molecule has 0 radical (unpaired) electrons. The predicted octanol–water partition coefficient (Wildman–Crippen LogP) is 3.85. The van der Waals surface area contributed by atoms with Crippen molar-refractivity contribution in [3.05, 3.63) is 29.8 Å². The average molecular weight is 381 g/mol. The second kappa shape index (κ2) is 10.8. The van der Waals surface area contributed by atoms with Crippen molar-refractivity contribution < 1.29 is 9.47 Å². The highest BCUT2D eigenvalue weighted by molar-refractivity contribution is 8.00. The van der Waals surface area contributed by atoms with Crippen LogP contribution in [0.3, 0.4) is 0 Å². The lowest BCUT2D eigenvalue weighted by Crippen LogP contribution is -2.23. The van der Waals surface area contributed by atoms with Gasteiger partial charge in [-0.05, 0) is 32.4 Å². The van der Waals surface area contributed by atoms with Gasteiger partial charge < -0.3 is 20.5 Å². The number of nitrogens with one attached hydrogen (secondary N) is 1. The Hall–Kier alpha value is -1.93. The number of nitrogens with zero attached hydrogens (tertiary/aromatic N) is 2. The van der Waals surface area contributed by atoms with Crippen molar-refractivity contribution in [2.24, 2.45) is 10.7 Å². The van der Waals surface area contributed by atoms with Gasteiger partial charge >= 0.3 is 0 Å². The second-order valence-electron chi connectivity index (χ2n) is 4.92. The molecule has 0 saturated heterocycles. The van der Waals surface area contributed by atoms with Crippen molar-refractivity contribution in [3.63, 3.8) is 0 Å². The van der Waals surface area contributed by atoms with Crippen molar-refractivity contribution in [3.8, 4) is 11.5 Å². The van der Waals surface area contributed by atoms with E-state index in [-0.39, 0.29) is 0 Å². The first kappa shape index (κ1) is 19.4. The van der Waals surface area contributed by atoms with Gasteiger partial charge in [-0.15, -0.1) is 11.3 Å². The van der Waals surface area contributed by atoms with Gasteiger partial charge in [0.15, 0.2) is 5.96 Å². The van der Waals surface area contributed by atoms with Crippen LogP contribution in [0.2, 0.25) is 0 Å². The first-order valence-corrected chi connectivity index (χ1v) is 10.1. The fraction of sp³-hybridized carbons (Fsp3) is 0.412. The summed E-state index contributed by atoms with van der Waals surface area (Å²) in [6.45, 7) is 5.73. The van der Waals surface area contributed by atoms with Crippen LogP contribution in [0.5, 0.6) is 11.5 Å². The lowest BCUT2D eigenvalue weighted by molar-refractivity contribution is 0.332. The Morgan fingerprint density at radius 1 is 1.32 bits per heavy atom. The molecule has 1 heterocycles. The Balaban J connectivity index is 1.86. The molecule has 1 aromatic carbocycles. The number of hydrogen-bond acceptors (Lipinski definition) is 6. The Kier molecular flexibility index (Phi) is 8.41. The van der Waals surface area contributed by atoms with Crippen LogP contribution in [0, 0.1) is 0 Å². The summed E-state index contributed by atoms with van der Waals surface area (Å²) in [7, 11) is 0. The number of guanidine groups is 1. The maximum Gasteiger partial charge on any atom is 0.193 e. The summed E-state index contributed by atoms with van der Waals surface area (Å²) in [4.78, 5) is 8.61. The van der Waals surface area contributed by atoms with Gasteiger partial charge in [0, 0.05) is 29.9 Å². The summed E-state index contributed by atoms with van der Waals surface area (Å²) in [6, 6.07) is 5.62. The summed E-state index contributed by atoms with van der Waals surface area (Å²) in [5, 5.41) is 5.09. The minimum Gasteiger partial charge on any atom is -0.494 e. The highest BCUT2D eigenvalue weighted by atomic mass is 32.2. The number of aromatic nitrogens is 1. The van der Waals surface area contributed by atoms with Gasteiger partial charge in [0.25, 0.3) is 0 Å². The van der Waals surface area contributed by atoms with E-state index in [9.17, 15) is 0 Å². The SMILES string of the molecule is CCOc1ccc(OCC)c(NC(N)=NCCCSc2nccs2)c1. The molecule has 2 aromatic rings. The third-order valence-electron chi connectivity index (χ3n) is 3.04. The molecule has 0 atom stereocenters. The molecule has 6 nitrogen and oxygen atoms in total. The smallest absolute Gasteiger partial charge is 0.193 e. The molecule has 0 amide bonds. The first-order valence-electron chi connectivity index (χ1n) is 8.21. The minimum atomic E-state index is 0.369. The van der Waals surface area contributed by atoms with E-state index in [0.29, 0.717) is 25.7 Å². The van der Waals surface area contributed by atoms with Crippen molar-refractivity contribution in [1.82, 2.24) is 4.98 Å². The first-order chi connectivity index (χ1) is 12.2. The van der Waals surface area contributed by atoms with Gasteiger partial charge in [-0.3, -0.25) is 4.99 Å². The number of aliphatic imine (C=N–C) groups is 1. The summed E-state index contributed by atoms with van der Waals surface area (Å²) in [5.74, 6) is 2.83. The molecule has 25 heavy (non-hydrogen) atoms. The van der Waals surface area contributed by atoms with Gasteiger partial charge in [-0.25, -0.2) is 4.98 Å². The van der Waals surface area contributed by atoms with Gasteiger partial charge in [-0.1, -0.05) is 11.8 Å². The zero-order chi connectivity index (χ0) is 17.9. The molecule has 0 aliphatic heterocycles. The molecule has 3 N–H and O–H groups in total. The molecule has 136 valence electrons. The molecule has 0 aliphatic carbocycles. The Morgan fingerprint density at radius 2 is 2.16 bits per heavy atom. The van der Waals surface area contributed by atoms with Crippen LogP contribution in [-0.4, -0.2) is 36.5 Å². The van der Waals surface area contributed by atoms with E-state index in [4.69, 9.17) is 15.2 Å². The van der Waals surface area contributed by atoms with Crippen LogP contribution in [0.4, 0.5) is 5.69 Å². The highest BCUT2D eigenvalue weighted by Crippen LogP contribution is 2.29. The van der Waals surface area contributed by atoms with E-state index in [0.717, 1.165) is 33.7 Å². The quantitative estimate of drug-likeness (QED) is 0.282. The summed E-state index contributed by atoms with van der Waals surface area (Å²) in [6.07, 6.45) is 2.75. The maximum atomic E-state index is 6.00. The van der Waals surface area contributed by atoms with Gasteiger partial charge in [0.2, 0.25) is 0 Å². The van der Waals surface area contributed by atoms with Crippen LogP contribution in [0.1, 0.15) is 20.3 Å². The molecular formula is C17H24N4O2S2. The Bertz CT molecular complexity index is 663. The van der Waals surface area contributed by atoms with E-state index in [2.05, 4.69) is 15.3 Å². The standard InChI is InChI=1S/C17H24N4O2S2/c1-3-22-13-6-7-15(23-4-2)14(12-13)21-16(18)19-8-5-10-24-17-20-9-11-25-17/h6-7,9,11-12H,3-5,8,10H2,1-2H3,(H3,18,19,21). The predicted molar refractivity (Wildman–Crippen MR) is 106 cm³/mol. The van der Waals surface area contributed by atoms with Gasteiger partial charge in [-0.2, -0.15) is 0 Å².